The first-order valence-corrected chi connectivity index (χ1v) is 7.66. The lowest BCUT2D eigenvalue weighted by molar-refractivity contribution is -0.153. The standard InChI is InChI=1S/C15H22N2O3/c1-9-5-6-11(10(9)2)17-13(19)15(7-3-4-8-15)12(18)16-14(17)20/h9-11H,3-8H2,1-2H3,(H,16,18,20). The predicted octanol–water partition coefficient (Wildman–Crippen LogP) is 2.06. The molecule has 1 aliphatic heterocycles. The summed E-state index contributed by atoms with van der Waals surface area (Å²) in [7, 11) is 0. The Balaban J connectivity index is 1.92. The number of nitrogens with one attached hydrogen (secondary N) is 1. The topological polar surface area (TPSA) is 66.5 Å². The van der Waals surface area contributed by atoms with Gasteiger partial charge in [0.2, 0.25) is 11.8 Å². The smallest absolute Gasteiger partial charge is 0.277 e. The average molecular weight is 278 g/mol. The fraction of sp³-hybridized carbons (Fsp3) is 0.800. The lowest BCUT2D eigenvalue weighted by Crippen LogP contribution is -2.65. The summed E-state index contributed by atoms with van der Waals surface area (Å²) in [6, 6.07) is -0.563. The summed E-state index contributed by atoms with van der Waals surface area (Å²) in [5.74, 6) is 0.198. The van der Waals surface area contributed by atoms with Gasteiger partial charge in [-0.15, -0.1) is 0 Å². The normalized spacial score (nSPS) is 36.8. The van der Waals surface area contributed by atoms with Crippen molar-refractivity contribution < 1.29 is 14.4 Å². The molecule has 110 valence electrons. The maximum atomic E-state index is 12.9. The Morgan fingerprint density at radius 2 is 1.75 bits per heavy atom. The number of hydrogen-bond donors (Lipinski definition) is 1. The molecule has 4 amide bonds. The number of urea groups is 1. The van der Waals surface area contributed by atoms with E-state index in [0.717, 1.165) is 25.7 Å². The van der Waals surface area contributed by atoms with Crippen molar-refractivity contribution >= 4 is 17.8 Å². The Bertz CT molecular complexity index is 468. The number of imide groups is 2. The van der Waals surface area contributed by atoms with E-state index in [4.69, 9.17) is 0 Å². The lowest BCUT2D eigenvalue weighted by atomic mass is 9.81. The van der Waals surface area contributed by atoms with Crippen LogP contribution in [-0.4, -0.2) is 28.8 Å². The van der Waals surface area contributed by atoms with Crippen molar-refractivity contribution in [2.45, 2.75) is 58.4 Å². The number of amides is 4. The molecule has 3 rings (SSSR count). The molecule has 3 unspecified atom stereocenters. The summed E-state index contributed by atoms with van der Waals surface area (Å²) in [6.07, 6.45) is 4.82. The van der Waals surface area contributed by atoms with Crippen LogP contribution in [0.3, 0.4) is 0 Å². The van der Waals surface area contributed by atoms with Crippen LogP contribution in [0, 0.1) is 17.3 Å². The third kappa shape index (κ3) is 1.71. The van der Waals surface area contributed by atoms with E-state index in [1.165, 1.54) is 4.90 Å². The second kappa shape index (κ2) is 4.57. The highest BCUT2D eigenvalue weighted by Gasteiger charge is 2.57. The number of carbonyl (C=O) groups excluding carboxylic acids is 3. The van der Waals surface area contributed by atoms with Crippen molar-refractivity contribution in [1.29, 1.82) is 0 Å². The van der Waals surface area contributed by atoms with Crippen molar-refractivity contribution in [2.75, 3.05) is 0 Å². The molecule has 0 aromatic rings. The van der Waals surface area contributed by atoms with Crippen molar-refractivity contribution in [2.24, 2.45) is 17.3 Å². The summed E-state index contributed by atoms with van der Waals surface area (Å²) in [6.45, 7) is 4.26. The molecule has 0 aromatic carbocycles. The maximum absolute atomic E-state index is 12.9. The second-order valence-corrected chi connectivity index (χ2v) is 6.70. The monoisotopic (exact) mass is 278 g/mol. The van der Waals surface area contributed by atoms with E-state index in [-0.39, 0.29) is 17.9 Å². The number of hydrogen-bond acceptors (Lipinski definition) is 3. The minimum Gasteiger partial charge on any atom is -0.277 e. The molecule has 1 saturated heterocycles. The van der Waals surface area contributed by atoms with Gasteiger partial charge in [-0.25, -0.2) is 4.79 Å². The first-order valence-electron chi connectivity index (χ1n) is 7.66. The average Bonchev–Trinajstić information content (AvgIpc) is 3.00. The molecular formula is C15H22N2O3. The van der Waals surface area contributed by atoms with Crippen LogP contribution in [0.15, 0.2) is 0 Å². The van der Waals surface area contributed by atoms with E-state index in [0.29, 0.717) is 24.7 Å². The predicted molar refractivity (Wildman–Crippen MR) is 72.6 cm³/mol. The Morgan fingerprint density at radius 1 is 1.10 bits per heavy atom. The fourth-order valence-corrected chi connectivity index (χ4v) is 4.12. The van der Waals surface area contributed by atoms with Gasteiger partial charge in [-0.1, -0.05) is 26.7 Å². The molecule has 1 N–H and O–H groups in total. The molecule has 20 heavy (non-hydrogen) atoms. The largest absolute Gasteiger partial charge is 0.331 e. The Kier molecular flexibility index (Phi) is 3.10. The molecule has 3 fully saturated rings. The summed E-state index contributed by atoms with van der Waals surface area (Å²) >= 11 is 0. The van der Waals surface area contributed by atoms with E-state index >= 15 is 0 Å². The third-order valence-electron chi connectivity index (χ3n) is 5.71. The van der Waals surface area contributed by atoms with Gasteiger partial charge in [-0.3, -0.25) is 19.8 Å². The molecule has 2 saturated carbocycles. The first kappa shape index (κ1) is 13.6. The van der Waals surface area contributed by atoms with Gasteiger partial charge >= 0.3 is 6.03 Å². The zero-order valence-corrected chi connectivity index (χ0v) is 12.1. The molecule has 3 aliphatic rings. The van der Waals surface area contributed by atoms with Gasteiger partial charge in [-0.2, -0.15) is 0 Å². The van der Waals surface area contributed by atoms with Gasteiger partial charge in [0.1, 0.15) is 5.41 Å². The van der Waals surface area contributed by atoms with Crippen LogP contribution < -0.4 is 5.32 Å². The number of carbonyl (C=O) groups is 3. The molecule has 2 aliphatic carbocycles. The summed E-state index contributed by atoms with van der Waals surface area (Å²) in [4.78, 5) is 38.6. The quantitative estimate of drug-likeness (QED) is 0.747. The summed E-state index contributed by atoms with van der Waals surface area (Å²) < 4.78 is 0. The van der Waals surface area contributed by atoms with E-state index in [9.17, 15) is 14.4 Å². The van der Waals surface area contributed by atoms with Crippen LogP contribution in [0.25, 0.3) is 0 Å². The van der Waals surface area contributed by atoms with Crippen molar-refractivity contribution in [3.8, 4) is 0 Å². The number of nitrogens with zero attached hydrogens (tertiary/aromatic N) is 1. The van der Waals surface area contributed by atoms with Gasteiger partial charge in [-0.05, 0) is 37.5 Å². The summed E-state index contributed by atoms with van der Waals surface area (Å²) in [5.41, 5.74) is -0.959. The molecule has 3 atom stereocenters. The highest BCUT2D eigenvalue weighted by molar-refractivity contribution is 6.19. The van der Waals surface area contributed by atoms with Crippen LogP contribution in [-0.2, 0) is 9.59 Å². The van der Waals surface area contributed by atoms with E-state index in [2.05, 4.69) is 19.2 Å². The molecule has 5 heteroatoms. The fourth-order valence-electron chi connectivity index (χ4n) is 4.12. The SMILES string of the molecule is CC1CCC(N2C(=O)NC(=O)C3(CCCC3)C2=O)C1C. The zero-order chi connectivity index (χ0) is 14.5. The van der Waals surface area contributed by atoms with Gasteiger partial charge < -0.3 is 0 Å². The molecule has 5 nitrogen and oxygen atoms in total. The van der Waals surface area contributed by atoms with Crippen LogP contribution in [0.1, 0.15) is 52.4 Å². The summed E-state index contributed by atoms with van der Waals surface area (Å²) in [5, 5.41) is 2.43. The number of rotatable bonds is 1. The van der Waals surface area contributed by atoms with Crippen LogP contribution in [0.4, 0.5) is 4.79 Å². The highest BCUT2D eigenvalue weighted by atomic mass is 16.2. The zero-order valence-electron chi connectivity index (χ0n) is 12.1. The van der Waals surface area contributed by atoms with Crippen LogP contribution in [0.2, 0.25) is 0 Å². The molecule has 0 bridgehead atoms. The molecule has 1 spiro atoms. The lowest BCUT2D eigenvalue weighted by Gasteiger charge is -2.41. The molecular weight excluding hydrogens is 256 g/mol. The molecule has 0 radical (unpaired) electrons. The van der Waals surface area contributed by atoms with E-state index in [1.807, 2.05) is 0 Å². The van der Waals surface area contributed by atoms with E-state index in [1.54, 1.807) is 0 Å². The first-order chi connectivity index (χ1) is 9.47. The van der Waals surface area contributed by atoms with Gasteiger partial charge in [0, 0.05) is 6.04 Å². The third-order valence-corrected chi connectivity index (χ3v) is 5.71. The van der Waals surface area contributed by atoms with Crippen molar-refractivity contribution in [3.63, 3.8) is 0 Å². The minimum atomic E-state index is -0.959. The van der Waals surface area contributed by atoms with Gasteiger partial charge in [0.05, 0.1) is 0 Å². The van der Waals surface area contributed by atoms with Crippen molar-refractivity contribution in [3.05, 3.63) is 0 Å². The number of barbiturate groups is 1. The Morgan fingerprint density at radius 3 is 2.30 bits per heavy atom. The van der Waals surface area contributed by atoms with Crippen molar-refractivity contribution in [1.82, 2.24) is 10.2 Å². The highest BCUT2D eigenvalue weighted by Crippen LogP contribution is 2.44. The van der Waals surface area contributed by atoms with Gasteiger partial charge in [0.15, 0.2) is 0 Å². The Labute approximate surface area is 119 Å². The second-order valence-electron chi connectivity index (χ2n) is 6.70. The minimum absolute atomic E-state index is 0.0527. The maximum Gasteiger partial charge on any atom is 0.331 e. The molecule has 0 aromatic heterocycles. The van der Waals surface area contributed by atoms with Gasteiger partial charge in [0.25, 0.3) is 0 Å². The molecule has 1 heterocycles. The van der Waals surface area contributed by atoms with E-state index < -0.39 is 11.4 Å². The van der Waals surface area contributed by atoms with Crippen LogP contribution >= 0.6 is 0 Å². The van der Waals surface area contributed by atoms with Crippen LogP contribution in [0.5, 0.6) is 0 Å². The Hall–Kier alpha value is -1.39.